The van der Waals surface area contributed by atoms with Crippen molar-refractivity contribution in [3.8, 4) is 0 Å². The first kappa shape index (κ1) is 16.5. The Kier molecular flexibility index (Phi) is 6.34. The maximum absolute atomic E-state index is 3.69. The highest BCUT2D eigenvalue weighted by Crippen LogP contribution is 2.27. The molecule has 0 saturated heterocycles. The molecule has 0 bridgehead atoms. The van der Waals surface area contributed by atoms with Crippen LogP contribution in [0, 0.1) is 0 Å². The van der Waals surface area contributed by atoms with Crippen LogP contribution < -0.4 is 10.2 Å². The average molecular weight is 327 g/mol. The summed E-state index contributed by atoms with van der Waals surface area (Å²) in [5, 5.41) is 3.51. The van der Waals surface area contributed by atoms with Gasteiger partial charge >= 0.3 is 0 Å². The van der Waals surface area contributed by atoms with Gasteiger partial charge in [-0.2, -0.15) is 0 Å². The summed E-state index contributed by atoms with van der Waals surface area (Å²) in [6.07, 6.45) is 2.46. The second-order valence-electron chi connectivity index (χ2n) is 6.16. The Morgan fingerprint density at radius 3 is 2.47 bits per heavy atom. The van der Waals surface area contributed by atoms with Gasteiger partial charge in [0.2, 0.25) is 0 Å². The third-order valence-electron chi connectivity index (χ3n) is 3.09. The van der Waals surface area contributed by atoms with Crippen LogP contribution in [-0.4, -0.2) is 19.1 Å². The minimum Gasteiger partial charge on any atom is -0.374 e. The fourth-order valence-corrected chi connectivity index (χ4v) is 2.58. The lowest BCUT2D eigenvalue weighted by molar-refractivity contribution is 0.424. The zero-order valence-corrected chi connectivity index (χ0v) is 14.5. The molecule has 1 N–H and O–H groups in total. The van der Waals surface area contributed by atoms with Gasteiger partial charge in [-0.25, -0.2) is 0 Å². The van der Waals surface area contributed by atoms with Gasteiger partial charge in [-0.3, -0.25) is 0 Å². The third-order valence-corrected chi connectivity index (χ3v) is 3.73. The number of rotatable bonds is 6. The van der Waals surface area contributed by atoms with Gasteiger partial charge in [-0.1, -0.05) is 19.4 Å². The number of nitrogens with zero attached hydrogens (tertiary/aromatic N) is 1. The number of hydrogen-bond donors (Lipinski definition) is 1. The SMILES string of the molecule is CCCCN(C)c1ccc(CNC(C)(C)C)cc1Br. The Morgan fingerprint density at radius 1 is 1.26 bits per heavy atom. The third kappa shape index (κ3) is 5.96. The Hall–Kier alpha value is -0.540. The van der Waals surface area contributed by atoms with E-state index < -0.39 is 0 Å². The molecule has 0 aliphatic rings. The van der Waals surface area contributed by atoms with Gasteiger partial charge in [-0.05, 0) is 60.8 Å². The second kappa shape index (κ2) is 7.30. The lowest BCUT2D eigenvalue weighted by Gasteiger charge is -2.23. The van der Waals surface area contributed by atoms with Crippen LogP contribution in [0.1, 0.15) is 46.1 Å². The predicted octanol–water partition coefficient (Wildman–Crippen LogP) is 4.57. The van der Waals surface area contributed by atoms with Crippen LogP contribution in [0.3, 0.4) is 0 Å². The molecule has 0 aliphatic heterocycles. The van der Waals surface area contributed by atoms with Crippen molar-refractivity contribution >= 4 is 21.6 Å². The Balaban J connectivity index is 2.69. The number of halogens is 1. The highest BCUT2D eigenvalue weighted by Gasteiger charge is 2.10. The summed E-state index contributed by atoms with van der Waals surface area (Å²) in [4.78, 5) is 2.31. The fraction of sp³-hybridized carbons (Fsp3) is 0.625. The lowest BCUT2D eigenvalue weighted by Crippen LogP contribution is -2.35. The smallest absolute Gasteiger partial charge is 0.0508 e. The van der Waals surface area contributed by atoms with Gasteiger partial charge in [0.25, 0.3) is 0 Å². The molecule has 108 valence electrons. The normalized spacial score (nSPS) is 11.7. The largest absolute Gasteiger partial charge is 0.374 e. The van der Waals surface area contributed by atoms with Crippen molar-refractivity contribution in [2.45, 2.75) is 52.6 Å². The zero-order valence-electron chi connectivity index (χ0n) is 12.9. The molecule has 0 aromatic heterocycles. The van der Waals surface area contributed by atoms with Gasteiger partial charge in [0.15, 0.2) is 0 Å². The quantitative estimate of drug-likeness (QED) is 0.823. The summed E-state index contributed by atoms with van der Waals surface area (Å²) < 4.78 is 1.18. The topological polar surface area (TPSA) is 15.3 Å². The Labute approximate surface area is 126 Å². The molecule has 19 heavy (non-hydrogen) atoms. The minimum atomic E-state index is 0.156. The summed E-state index contributed by atoms with van der Waals surface area (Å²) in [5.41, 5.74) is 2.74. The van der Waals surface area contributed by atoms with E-state index in [9.17, 15) is 0 Å². The van der Waals surface area contributed by atoms with Crippen LogP contribution in [0.5, 0.6) is 0 Å². The second-order valence-corrected chi connectivity index (χ2v) is 7.02. The molecule has 1 aromatic carbocycles. The lowest BCUT2D eigenvalue weighted by atomic mass is 10.1. The van der Waals surface area contributed by atoms with Crippen molar-refractivity contribution in [3.63, 3.8) is 0 Å². The zero-order chi connectivity index (χ0) is 14.5. The monoisotopic (exact) mass is 326 g/mol. The summed E-state index contributed by atoms with van der Waals surface area (Å²) in [6.45, 7) is 10.8. The molecule has 0 heterocycles. The van der Waals surface area contributed by atoms with Gasteiger partial charge in [0, 0.05) is 30.1 Å². The van der Waals surface area contributed by atoms with Gasteiger partial charge in [0.05, 0.1) is 5.69 Å². The van der Waals surface area contributed by atoms with Crippen LogP contribution >= 0.6 is 15.9 Å². The predicted molar refractivity (Wildman–Crippen MR) is 88.9 cm³/mol. The number of unbranched alkanes of at least 4 members (excludes halogenated alkanes) is 1. The molecule has 0 amide bonds. The van der Waals surface area contributed by atoms with Crippen molar-refractivity contribution in [1.82, 2.24) is 5.32 Å². The first-order valence-electron chi connectivity index (χ1n) is 7.08. The molecule has 1 aromatic rings. The molecule has 3 heteroatoms. The van der Waals surface area contributed by atoms with Crippen LogP contribution in [0.25, 0.3) is 0 Å². The Bertz CT molecular complexity index is 396. The first-order chi connectivity index (χ1) is 8.83. The van der Waals surface area contributed by atoms with Gasteiger partial charge < -0.3 is 10.2 Å². The van der Waals surface area contributed by atoms with E-state index in [2.05, 4.69) is 79.1 Å². The van der Waals surface area contributed by atoms with Crippen LogP contribution in [-0.2, 0) is 6.54 Å². The van der Waals surface area contributed by atoms with Crippen molar-refractivity contribution in [3.05, 3.63) is 28.2 Å². The van der Waals surface area contributed by atoms with E-state index in [1.54, 1.807) is 0 Å². The highest BCUT2D eigenvalue weighted by molar-refractivity contribution is 9.10. The van der Waals surface area contributed by atoms with E-state index in [0.717, 1.165) is 13.1 Å². The van der Waals surface area contributed by atoms with Crippen molar-refractivity contribution < 1.29 is 0 Å². The Morgan fingerprint density at radius 2 is 1.95 bits per heavy atom. The molecular formula is C16H27BrN2. The van der Waals surface area contributed by atoms with Gasteiger partial charge in [0.1, 0.15) is 0 Å². The molecule has 2 nitrogen and oxygen atoms in total. The standard InChI is InChI=1S/C16H27BrN2/c1-6-7-10-19(5)15-9-8-13(11-14(15)17)12-18-16(2,3)4/h8-9,11,18H,6-7,10,12H2,1-5H3. The van der Waals surface area contributed by atoms with E-state index in [0.29, 0.717) is 0 Å². The molecule has 0 fully saturated rings. The van der Waals surface area contributed by atoms with Crippen LogP contribution in [0.2, 0.25) is 0 Å². The summed E-state index contributed by atoms with van der Waals surface area (Å²) in [6, 6.07) is 6.64. The molecule has 0 spiro atoms. The summed E-state index contributed by atoms with van der Waals surface area (Å²) >= 11 is 3.69. The molecule has 0 aliphatic carbocycles. The van der Waals surface area contributed by atoms with Crippen LogP contribution in [0.15, 0.2) is 22.7 Å². The van der Waals surface area contributed by atoms with E-state index in [1.165, 1.54) is 28.6 Å². The molecular weight excluding hydrogens is 300 g/mol. The van der Waals surface area contributed by atoms with E-state index in [1.807, 2.05) is 0 Å². The molecule has 0 unspecified atom stereocenters. The number of anilines is 1. The molecule has 0 atom stereocenters. The number of nitrogens with one attached hydrogen (secondary N) is 1. The van der Waals surface area contributed by atoms with Crippen molar-refractivity contribution in [2.24, 2.45) is 0 Å². The molecule has 1 rings (SSSR count). The molecule has 0 saturated carbocycles. The molecule has 0 radical (unpaired) electrons. The average Bonchev–Trinajstić information content (AvgIpc) is 2.32. The first-order valence-corrected chi connectivity index (χ1v) is 7.87. The number of benzene rings is 1. The van der Waals surface area contributed by atoms with Crippen molar-refractivity contribution in [1.29, 1.82) is 0 Å². The van der Waals surface area contributed by atoms with Crippen molar-refractivity contribution in [2.75, 3.05) is 18.5 Å². The van der Waals surface area contributed by atoms with Gasteiger partial charge in [-0.15, -0.1) is 0 Å². The van der Waals surface area contributed by atoms with Crippen LogP contribution in [0.4, 0.5) is 5.69 Å². The summed E-state index contributed by atoms with van der Waals surface area (Å²) in [7, 11) is 2.16. The minimum absolute atomic E-state index is 0.156. The van der Waals surface area contributed by atoms with E-state index in [-0.39, 0.29) is 5.54 Å². The maximum Gasteiger partial charge on any atom is 0.0508 e. The summed E-state index contributed by atoms with van der Waals surface area (Å²) in [5.74, 6) is 0. The number of hydrogen-bond acceptors (Lipinski definition) is 2. The van der Waals surface area contributed by atoms with E-state index >= 15 is 0 Å². The highest BCUT2D eigenvalue weighted by atomic mass is 79.9. The van der Waals surface area contributed by atoms with E-state index in [4.69, 9.17) is 0 Å². The fourth-order valence-electron chi connectivity index (χ4n) is 1.85. The maximum atomic E-state index is 3.69.